The second-order valence-electron chi connectivity index (χ2n) is 4.42. The van der Waals surface area contributed by atoms with E-state index in [0.29, 0.717) is 19.6 Å². The molecule has 8 heteroatoms. The SMILES string of the molecule is Nc1nn(-c2ccc(F)cc2[N+](=O)[O-])c2c1COCC2. The van der Waals surface area contributed by atoms with Crippen molar-refractivity contribution in [3.05, 3.63) is 45.4 Å². The Morgan fingerprint density at radius 1 is 1.50 bits per heavy atom. The minimum atomic E-state index is -0.669. The second kappa shape index (κ2) is 4.57. The van der Waals surface area contributed by atoms with Gasteiger partial charge in [-0.1, -0.05) is 0 Å². The van der Waals surface area contributed by atoms with Crippen molar-refractivity contribution in [3.8, 4) is 5.69 Å². The Balaban J connectivity index is 2.21. The number of anilines is 1. The van der Waals surface area contributed by atoms with Gasteiger partial charge in [-0.15, -0.1) is 5.10 Å². The molecule has 0 amide bonds. The van der Waals surface area contributed by atoms with Gasteiger partial charge in [0.25, 0.3) is 5.69 Å². The summed E-state index contributed by atoms with van der Waals surface area (Å²) >= 11 is 0. The monoisotopic (exact) mass is 278 g/mol. The van der Waals surface area contributed by atoms with Crippen LogP contribution in [0.4, 0.5) is 15.9 Å². The first-order chi connectivity index (χ1) is 9.58. The zero-order chi connectivity index (χ0) is 14.3. The van der Waals surface area contributed by atoms with Crippen molar-refractivity contribution < 1.29 is 14.1 Å². The van der Waals surface area contributed by atoms with Crippen LogP contribution in [0.5, 0.6) is 0 Å². The Morgan fingerprint density at radius 3 is 3.05 bits per heavy atom. The van der Waals surface area contributed by atoms with Crippen LogP contribution in [-0.2, 0) is 17.8 Å². The fraction of sp³-hybridized carbons (Fsp3) is 0.250. The molecule has 1 aromatic heterocycles. The van der Waals surface area contributed by atoms with E-state index in [1.165, 1.54) is 10.7 Å². The van der Waals surface area contributed by atoms with Crippen LogP contribution in [0.2, 0.25) is 0 Å². The van der Waals surface area contributed by atoms with Crippen LogP contribution < -0.4 is 5.73 Å². The summed E-state index contributed by atoms with van der Waals surface area (Å²) in [5, 5.41) is 15.2. The number of fused-ring (bicyclic) bond motifs is 1. The number of nitrogen functional groups attached to an aromatic ring is 1. The van der Waals surface area contributed by atoms with Crippen molar-refractivity contribution in [2.45, 2.75) is 13.0 Å². The molecule has 2 N–H and O–H groups in total. The molecule has 3 rings (SSSR count). The standard InChI is InChI=1S/C12H11FN4O3/c13-7-1-2-10(11(5-7)17(18)19)16-9-3-4-20-6-8(9)12(14)15-16/h1-2,5H,3-4,6H2,(H2,14,15). The summed E-state index contributed by atoms with van der Waals surface area (Å²) in [6, 6.07) is 3.36. The molecule has 1 aliphatic rings. The van der Waals surface area contributed by atoms with Gasteiger partial charge in [0.05, 0.1) is 29.9 Å². The Kier molecular flexibility index (Phi) is 2.87. The van der Waals surface area contributed by atoms with Crippen molar-refractivity contribution in [2.24, 2.45) is 0 Å². The summed E-state index contributed by atoms with van der Waals surface area (Å²) < 4.78 is 19.9. The summed E-state index contributed by atoms with van der Waals surface area (Å²) in [5.41, 5.74) is 7.15. The molecule has 2 heterocycles. The van der Waals surface area contributed by atoms with E-state index in [2.05, 4.69) is 5.10 Å². The number of hydrogen-bond donors (Lipinski definition) is 1. The van der Waals surface area contributed by atoms with Crippen LogP contribution in [0.3, 0.4) is 0 Å². The number of nitro benzene ring substituents is 1. The van der Waals surface area contributed by atoms with E-state index in [1.54, 1.807) is 0 Å². The number of nitrogens with two attached hydrogens (primary N) is 1. The van der Waals surface area contributed by atoms with E-state index in [-0.39, 0.29) is 17.2 Å². The number of halogens is 1. The van der Waals surface area contributed by atoms with Crippen LogP contribution in [0, 0.1) is 15.9 Å². The Bertz CT molecular complexity index is 698. The number of benzene rings is 1. The summed E-state index contributed by atoms with van der Waals surface area (Å²) in [4.78, 5) is 10.4. The fourth-order valence-electron chi connectivity index (χ4n) is 2.28. The van der Waals surface area contributed by atoms with E-state index >= 15 is 0 Å². The third-order valence-corrected chi connectivity index (χ3v) is 3.21. The van der Waals surface area contributed by atoms with Crippen LogP contribution in [0.15, 0.2) is 18.2 Å². The highest BCUT2D eigenvalue weighted by atomic mass is 19.1. The first kappa shape index (κ1) is 12.5. The quantitative estimate of drug-likeness (QED) is 0.664. The molecule has 0 atom stereocenters. The van der Waals surface area contributed by atoms with Crippen molar-refractivity contribution >= 4 is 11.5 Å². The molecule has 1 aromatic carbocycles. The highest BCUT2D eigenvalue weighted by Gasteiger charge is 2.25. The van der Waals surface area contributed by atoms with Gasteiger partial charge in [-0.25, -0.2) is 9.07 Å². The molecule has 104 valence electrons. The highest BCUT2D eigenvalue weighted by molar-refractivity contribution is 5.56. The number of nitro groups is 1. The number of aromatic nitrogens is 2. The largest absolute Gasteiger partial charge is 0.382 e. The molecule has 0 fully saturated rings. The molecule has 7 nitrogen and oxygen atoms in total. The molecule has 0 radical (unpaired) electrons. The van der Waals surface area contributed by atoms with Crippen LogP contribution in [0.1, 0.15) is 11.3 Å². The predicted molar refractivity (Wildman–Crippen MR) is 67.9 cm³/mol. The Labute approximate surface area is 112 Å². The van der Waals surface area contributed by atoms with E-state index in [1.807, 2.05) is 0 Å². The zero-order valence-electron chi connectivity index (χ0n) is 10.4. The van der Waals surface area contributed by atoms with Gasteiger partial charge >= 0.3 is 0 Å². The van der Waals surface area contributed by atoms with E-state index in [9.17, 15) is 14.5 Å². The van der Waals surface area contributed by atoms with Gasteiger partial charge in [0.2, 0.25) is 0 Å². The topological polar surface area (TPSA) is 96.2 Å². The number of ether oxygens (including phenoxy) is 1. The summed E-state index contributed by atoms with van der Waals surface area (Å²) in [6.07, 6.45) is 0.550. The average molecular weight is 278 g/mol. The lowest BCUT2D eigenvalue weighted by Crippen LogP contribution is -2.14. The highest BCUT2D eigenvalue weighted by Crippen LogP contribution is 2.30. The van der Waals surface area contributed by atoms with E-state index < -0.39 is 10.7 Å². The lowest BCUT2D eigenvalue weighted by molar-refractivity contribution is -0.384. The van der Waals surface area contributed by atoms with Crippen LogP contribution >= 0.6 is 0 Å². The third-order valence-electron chi connectivity index (χ3n) is 3.21. The smallest absolute Gasteiger partial charge is 0.297 e. The van der Waals surface area contributed by atoms with E-state index in [4.69, 9.17) is 10.5 Å². The molecule has 0 bridgehead atoms. The van der Waals surface area contributed by atoms with Gasteiger partial charge in [0.15, 0.2) is 5.82 Å². The van der Waals surface area contributed by atoms with Gasteiger partial charge in [-0.05, 0) is 12.1 Å². The van der Waals surface area contributed by atoms with Crippen LogP contribution in [0.25, 0.3) is 5.69 Å². The van der Waals surface area contributed by atoms with Gasteiger partial charge in [0, 0.05) is 12.0 Å². The predicted octanol–water partition coefficient (Wildman–Crippen LogP) is 1.57. The molecule has 1 aliphatic heterocycles. The first-order valence-electron chi connectivity index (χ1n) is 5.96. The summed E-state index contributed by atoms with van der Waals surface area (Å²) in [5.74, 6) is -0.392. The lowest BCUT2D eigenvalue weighted by atomic mass is 10.1. The minimum absolute atomic E-state index is 0.200. The molecule has 0 saturated carbocycles. The Morgan fingerprint density at radius 2 is 2.30 bits per heavy atom. The fourth-order valence-corrected chi connectivity index (χ4v) is 2.28. The first-order valence-corrected chi connectivity index (χ1v) is 5.96. The molecule has 0 aliphatic carbocycles. The van der Waals surface area contributed by atoms with Crippen molar-refractivity contribution in [2.75, 3.05) is 12.3 Å². The molecule has 0 unspecified atom stereocenters. The van der Waals surface area contributed by atoms with Gasteiger partial charge < -0.3 is 10.5 Å². The van der Waals surface area contributed by atoms with Gasteiger partial charge in [0.1, 0.15) is 11.5 Å². The maximum atomic E-state index is 13.2. The van der Waals surface area contributed by atoms with Crippen LogP contribution in [-0.4, -0.2) is 21.3 Å². The number of nitrogens with zero attached hydrogens (tertiary/aromatic N) is 3. The van der Waals surface area contributed by atoms with Gasteiger partial charge in [-0.3, -0.25) is 10.1 Å². The third kappa shape index (κ3) is 1.90. The van der Waals surface area contributed by atoms with Crippen molar-refractivity contribution in [3.63, 3.8) is 0 Å². The molecular weight excluding hydrogens is 267 g/mol. The number of rotatable bonds is 2. The zero-order valence-corrected chi connectivity index (χ0v) is 10.4. The average Bonchev–Trinajstić information content (AvgIpc) is 2.77. The summed E-state index contributed by atoms with van der Waals surface area (Å²) in [6.45, 7) is 0.823. The normalized spacial score (nSPS) is 14.1. The molecular formula is C12H11FN4O3. The van der Waals surface area contributed by atoms with Crippen molar-refractivity contribution in [1.82, 2.24) is 9.78 Å². The van der Waals surface area contributed by atoms with E-state index in [0.717, 1.165) is 23.4 Å². The maximum absolute atomic E-state index is 13.2. The maximum Gasteiger partial charge on any atom is 0.297 e. The lowest BCUT2D eigenvalue weighted by Gasteiger charge is -2.14. The van der Waals surface area contributed by atoms with Crippen molar-refractivity contribution in [1.29, 1.82) is 0 Å². The van der Waals surface area contributed by atoms with Gasteiger partial charge in [-0.2, -0.15) is 0 Å². The molecule has 2 aromatic rings. The Hall–Kier alpha value is -2.48. The molecule has 0 spiro atoms. The minimum Gasteiger partial charge on any atom is -0.382 e. The molecule has 0 saturated heterocycles. The number of hydrogen-bond acceptors (Lipinski definition) is 5. The molecule has 20 heavy (non-hydrogen) atoms. The second-order valence-corrected chi connectivity index (χ2v) is 4.42. The summed E-state index contributed by atoms with van der Waals surface area (Å²) in [7, 11) is 0.